The largest absolute Gasteiger partial charge is 0.313 e. The quantitative estimate of drug-likeness (QED) is 0.210. The molecule has 0 amide bonds. The topological polar surface area (TPSA) is 8.17 Å². The number of fused-ring (bicyclic) bond motifs is 6. The van der Waals surface area contributed by atoms with Gasteiger partial charge in [0, 0.05) is 50.7 Å². The summed E-state index contributed by atoms with van der Waals surface area (Å²) in [6.07, 6.45) is 5.74. The molecule has 1 aromatic heterocycles. The predicted octanol–water partition coefficient (Wildman–Crippen LogP) is 11.2. The van der Waals surface area contributed by atoms with Crippen LogP contribution in [0.25, 0.3) is 33.8 Å². The highest BCUT2D eigenvalue weighted by Gasteiger charge is 2.35. The molecule has 0 N–H and O–H groups in total. The van der Waals surface area contributed by atoms with Crippen molar-refractivity contribution in [3.63, 3.8) is 0 Å². The first kappa shape index (κ1) is 25.9. The number of hydrogen-bond donors (Lipinski definition) is 0. The number of benzene rings is 5. The standard InChI is InChI=1S/C41H36N2/c1-27-17-19-30(20-18-27)42(32-21-23-34-33-14-8-9-16-37(33)41(3,4)38(34)26-32)31-22-24-39-36(25-31)35-15-10-11-28(2)40(35)43(39)29-12-6-5-7-13-29/h5-10,12-26,28H,11H2,1-4H3. The van der Waals surface area contributed by atoms with Gasteiger partial charge in [-0.3, -0.25) is 0 Å². The second-order valence-electron chi connectivity index (χ2n) is 12.8. The van der Waals surface area contributed by atoms with Crippen molar-refractivity contribution in [3.05, 3.63) is 149 Å². The first-order chi connectivity index (χ1) is 20.9. The molecule has 0 saturated carbocycles. The van der Waals surface area contributed by atoms with Crippen molar-refractivity contribution >= 4 is 34.0 Å². The zero-order chi connectivity index (χ0) is 29.3. The zero-order valence-corrected chi connectivity index (χ0v) is 25.3. The highest BCUT2D eigenvalue weighted by atomic mass is 15.1. The van der Waals surface area contributed by atoms with E-state index >= 15 is 0 Å². The number of para-hydroxylation sites is 1. The van der Waals surface area contributed by atoms with Crippen molar-refractivity contribution in [3.8, 4) is 16.8 Å². The van der Waals surface area contributed by atoms with E-state index in [0.29, 0.717) is 5.92 Å². The lowest BCUT2D eigenvalue weighted by Gasteiger charge is -2.28. The lowest BCUT2D eigenvalue weighted by molar-refractivity contribution is 0.660. The number of aromatic nitrogens is 1. The summed E-state index contributed by atoms with van der Waals surface area (Å²) in [5, 5.41) is 1.30. The lowest BCUT2D eigenvalue weighted by Crippen LogP contribution is -2.16. The molecule has 8 rings (SSSR count). The van der Waals surface area contributed by atoms with Crippen molar-refractivity contribution < 1.29 is 0 Å². The molecule has 2 nitrogen and oxygen atoms in total. The monoisotopic (exact) mass is 556 g/mol. The molecular weight excluding hydrogens is 520 g/mol. The minimum atomic E-state index is -0.0578. The van der Waals surface area contributed by atoms with Crippen LogP contribution in [0.15, 0.2) is 121 Å². The number of hydrogen-bond acceptors (Lipinski definition) is 1. The molecule has 210 valence electrons. The summed E-state index contributed by atoms with van der Waals surface area (Å²) in [6.45, 7) is 9.22. The van der Waals surface area contributed by atoms with Gasteiger partial charge in [0.25, 0.3) is 0 Å². The Morgan fingerprint density at radius 3 is 2.19 bits per heavy atom. The molecule has 2 heteroatoms. The third kappa shape index (κ3) is 3.93. The molecule has 0 aliphatic heterocycles. The predicted molar refractivity (Wildman–Crippen MR) is 182 cm³/mol. The highest BCUT2D eigenvalue weighted by molar-refractivity contribution is 5.97. The van der Waals surface area contributed by atoms with E-state index in [1.165, 1.54) is 72.7 Å². The summed E-state index contributed by atoms with van der Waals surface area (Å²) in [6, 6.07) is 42.7. The molecule has 1 heterocycles. The van der Waals surface area contributed by atoms with E-state index in [-0.39, 0.29) is 5.41 Å². The maximum atomic E-state index is 2.48. The first-order valence-electron chi connectivity index (χ1n) is 15.4. The van der Waals surface area contributed by atoms with Gasteiger partial charge in [-0.1, -0.05) is 99.2 Å². The Morgan fingerprint density at radius 1 is 0.698 bits per heavy atom. The Labute approximate surface area is 254 Å². The molecule has 1 unspecified atom stereocenters. The smallest absolute Gasteiger partial charge is 0.0539 e. The second kappa shape index (κ2) is 9.61. The highest BCUT2D eigenvalue weighted by Crippen LogP contribution is 2.51. The number of allylic oxidation sites excluding steroid dienone is 1. The molecule has 0 fully saturated rings. The summed E-state index contributed by atoms with van der Waals surface area (Å²) in [7, 11) is 0. The van der Waals surface area contributed by atoms with Crippen molar-refractivity contribution in [2.45, 2.75) is 45.4 Å². The van der Waals surface area contributed by atoms with Gasteiger partial charge >= 0.3 is 0 Å². The van der Waals surface area contributed by atoms with Crippen molar-refractivity contribution in [2.24, 2.45) is 0 Å². The van der Waals surface area contributed by atoms with Gasteiger partial charge in [0.1, 0.15) is 0 Å². The SMILES string of the molecule is Cc1ccc(N(c2ccc3c(c2)C(C)(C)c2ccccc2-3)c2ccc3c(c2)c2c(n3-c3ccccc3)C(C)CC=C2)cc1. The summed E-state index contributed by atoms with van der Waals surface area (Å²) in [4.78, 5) is 2.43. The zero-order valence-electron chi connectivity index (χ0n) is 25.3. The number of rotatable bonds is 4. The van der Waals surface area contributed by atoms with Crippen LogP contribution in [0.1, 0.15) is 61.1 Å². The van der Waals surface area contributed by atoms with E-state index in [1.807, 2.05) is 0 Å². The van der Waals surface area contributed by atoms with Gasteiger partial charge < -0.3 is 9.47 Å². The minimum absolute atomic E-state index is 0.0578. The Bertz CT molecular complexity index is 2040. The molecule has 6 aromatic rings. The Balaban J connectivity index is 1.35. The summed E-state index contributed by atoms with van der Waals surface area (Å²) < 4.78 is 2.48. The molecule has 0 saturated heterocycles. The van der Waals surface area contributed by atoms with Gasteiger partial charge in [-0.2, -0.15) is 0 Å². The van der Waals surface area contributed by atoms with Crippen LogP contribution in [0.4, 0.5) is 17.1 Å². The summed E-state index contributed by atoms with van der Waals surface area (Å²) >= 11 is 0. The fraction of sp³-hybridized carbons (Fsp3) is 0.171. The number of nitrogens with zero attached hydrogens (tertiary/aromatic N) is 2. The number of anilines is 3. The molecule has 0 spiro atoms. The minimum Gasteiger partial charge on any atom is -0.313 e. The molecule has 2 aliphatic carbocycles. The average Bonchev–Trinajstić information content (AvgIpc) is 3.48. The normalized spacial score (nSPS) is 16.1. The lowest BCUT2D eigenvalue weighted by atomic mass is 9.82. The van der Waals surface area contributed by atoms with E-state index in [0.717, 1.165) is 6.42 Å². The van der Waals surface area contributed by atoms with Gasteiger partial charge in [0.15, 0.2) is 0 Å². The van der Waals surface area contributed by atoms with Crippen LogP contribution in [0.3, 0.4) is 0 Å². The Hall–Kier alpha value is -4.82. The van der Waals surface area contributed by atoms with Crippen molar-refractivity contribution in [1.29, 1.82) is 0 Å². The second-order valence-corrected chi connectivity index (χ2v) is 12.8. The van der Waals surface area contributed by atoms with Gasteiger partial charge in [-0.25, -0.2) is 0 Å². The van der Waals surface area contributed by atoms with Gasteiger partial charge in [-0.05, 0) is 90.2 Å². The van der Waals surface area contributed by atoms with E-state index < -0.39 is 0 Å². The van der Waals surface area contributed by atoms with Crippen molar-refractivity contribution in [1.82, 2.24) is 4.57 Å². The molecule has 43 heavy (non-hydrogen) atoms. The van der Waals surface area contributed by atoms with Crippen LogP contribution in [-0.4, -0.2) is 4.57 Å². The maximum Gasteiger partial charge on any atom is 0.0539 e. The van der Waals surface area contributed by atoms with Gasteiger partial charge in [0.05, 0.1) is 5.52 Å². The fourth-order valence-electron chi connectivity index (χ4n) is 7.45. The van der Waals surface area contributed by atoms with Crippen LogP contribution in [-0.2, 0) is 5.41 Å². The first-order valence-corrected chi connectivity index (χ1v) is 15.4. The van der Waals surface area contributed by atoms with Gasteiger partial charge in [0.2, 0.25) is 0 Å². The summed E-state index contributed by atoms with van der Waals surface area (Å²) in [5.41, 5.74) is 15.4. The average molecular weight is 557 g/mol. The Morgan fingerprint density at radius 2 is 1.37 bits per heavy atom. The van der Waals surface area contributed by atoms with Crippen LogP contribution in [0.5, 0.6) is 0 Å². The van der Waals surface area contributed by atoms with E-state index in [2.05, 4.69) is 165 Å². The third-order valence-corrected chi connectivity index (χ3v) is 9.66. The summed E-state index contributed by atoms with van der Waals surface area (Å²) in [5.74, 6) is 0.449. The number of aryl methyl sites for hydroxylation is 1. The molecule has 5 aromatic carbocycles. The molecule has 1 atom stereocenters. The van der Waals surface area contributed by atoms with Crippen LogP contribution in [0.2, 0.25) is 0 Å². The van der Waals surface area contributed by atoms with Gasteiger partial charge in [-0.15, -0.1) is 0 Å². The molecule has 0 bridgehead atoms. The van der Waals surface area contributed by atoms with E-state index in [4.69, 9.17) is 0 Å². The fourth-order valence-corrected chi connectivity index (χ4v) is 7.45. The van der Waals surface area contributed by atoms with Crippen LogP contribution in [0, 0.1) is 6.92 Å². The van der Waals surface area contributed by atoms with E-state index in [1.54, 1.807) is 0 Å². The maximum absolute atomic E-state index is 2.48. The molecule has 2 aliphatic rings. The van der Waals surface area contributed by atoms with E-state index in [9.17, 15) is 0 Å². The Kier molecular flexibility index (Phi) is 5.78. The molecular formula is C41H36N2. The van der Waals surface area contributed by atoms with Crippen LogP contribution >= 0.6 is 0 Å². The third-order valence-electron chi connectivity index (χ3n) is 9.66. The molecule has 0 radical (unpaired) electrons. The van der Waals surface area contributed by atoms with Crippen LogP contribution < -0.4 is 4.90 Å². The van der Waals surface area contributed by atoms with Crippen molar-refractivity contribution in [2.75, 3.05) is 4.90 Å².